The Morgan fingerprint density at radius 3 is 2.29 bits per heavy atom. The van der Waals surface area contributed by atoms with Gasteiger partial charge in [0.1, 0.15) is 6.54 Å². The molecule has 2 amide bonds. The third kappa shape index (κ3) is 6.50. The van der Waals surface area contributed by atoms with Crippen LogP contribution in [0.3, 0.4) is 0 Å². The molecule has 34 heavy (non-hydrogen) atoms. The molecule has 0 saturated heterocycles. The molecule has 0 heterocycles. The molecule has 3 aromatic rings. The van der Waals surface area contributed by atoms with Crippen LogP contribution < -0.4 is 14.9 Å². The normalized spacial score (nSPS) is 12.0. The fraction of sp³-hybridized carbons (Fsp3) is 0.167. The van der Waals surface area contributed by atoms with Gasteiger partial charge in [0.15, 0.2) is 0 Å². The number of sulfonamides is 1. The summed E-state index contributed by atoms with van der Waals surface area (Å²) in [6.07, 6.45) is 0.962. The zero-order valence-corrected chi connectivity index (χ0v) is 20.8. The van der Waals surface area contributed by atoms with E-state index >= 15 is 0 Å². The molecular weight excluding hydrogens is 497 g/mol. The van der Waals surface area contributed by atoms with Crippen molar-refractivity contribution < 1.29 is 18.0 Å². The molecule has 7 nitrogen and oxygen atoms in total. The fourth-order valence-electron chi connectivity index (χ4n) is 3.27. The number of benzene rings is 3. The highest BCUT2D eigenvalue weighted by molar-refractivity contribution is 7.92. The van der Waals surface area contributed by atoms with E-state index in [4.69, 9.17) is 23.2 Å². The van der Waals surface area contributed by atoms with Crippen LogP contribution in [0, 0.1) is 0 Å². The maximum Gasteiger partial charge on any atom is 0.253 e. The van der Waals surface area contributed by atoms with E-state index in [1.165, 1.54) is 18.2 Å². The number of nitrogens with zero attached hydrogens (tertiary/aromatic N) is 1. The minimum Gasteiger partial charge on any atom is -0.345 e. The predicted molar refractivity (Wildman–Crippen MR) is 136 cm³/mol. The number of nitrogens with one attached hydrogen (secondary N) is 2. The SMILES string of the molecule is C[C@H](NC(=O)c1ccccc1NC(=O)CN(c1cc(Cl)ccc1Cl)S(C)(=O)=O)c1ccccc1. The number of carbonyl (C=O) groups is 2. The lowest BCUT2D eigenvalue weighted by Gasteiger charge is -2.23. The van der Waals surface area contributed by atoms with E-state index in [9.17, 15) is 18.0 Å². The average molecular weight is 520 g/mol. The molecule has 0 saturated carbocycles. The third-order valence-electron chi connectivity index (χ3n) is 4.96. The second-order valence-corrected chi connectivity index (χ2v) is 10.3. The summed E-state index contributed by atoms with van der Waals surface area (Å²) in [5, 5.41) is 5.92. The topological polar surface area (TPSA) is 95.6 Å². The van der Waals surface area contributed by atoms with E-state index in [1.54, 1.807) is 24.3 Å². The summed E-state index contributed by atoms with van der Waals surface area (Å²) in [7, 11) is -3.87. The van der Waals surface area contributed by atoms with Gasteiger partial charge in [-0.05, 0) is 42.8 Å². The fourth-order valence-corrected chi connectivity index (χ4v) is 4.56. The van der Waals surface area contributed by atoms with Crippen molar-refractivity contribution in [3.63, 3.8) is 0 Å². The summed E-state index contributed by atoms with van der Waals surface area (Å²) in [6.45, 7) is 1.29. The first kappa shape index (κ1) is 25.6. The maximum atomic E-state index is 12.9. The van der Waals surface area contributed by atoms with Gasteiger partial charge in [0, 0.05) is 5.02 Å². The lowest BCUT2D eigenvalue weighted by atomic mass is 10.1. The molecule has 3 rings (SSSR count). The van der Waals surface area contributed by atoms with Crippen molar-refractivity contribution in [2.45, 2.75) is 13.0 Å². The zero-order chi connectivity index (χ0) is 24.9. The molecule has 0 aliphatic heterocycles. The van der Waals surface area contributed by atoms with Crippen molar-refractivity contribution in [1.29, 1.82) is 0 Å². The summed E-state index contributed by atoms with van der Waals surface area (Å²) in [6, 6.07) is 20.0. The Morgan fingerprint density at radius 2 is 1.62 bits per heavy atom. The van der Waals surface area contributed by atoms with Crippen LogP contribution >= 0.6 is 23.2 Å². The quantitative estimate of drug-likeness (QED) is 0.442. The number of rotatable bonds is 8. The van der Waals surface area contributed by atoms with E-state index in [0.717, 1.165) is 16.1 Å². The summed E-state index contributed by atoms with van der Waals surface area (Å²) in [5.74, 6) is -1.04. The molecule has 10 heteroatoms. The molecule has 0 radical (unpaired) electrons. The van der Waals surface area contributed by atoms with Gasteiger partial charge in [-0.3, -0.25) is 13.9 Å². The number of hydrogen-bond donors (Lipinski definition) is 2. The van der Waals surface area contributed by atoms with Gasteiger partial charge in [0.05, 0.1) is 34.3 Å². The van der Waals surface area contributed by atoms with Crippen molar-refractivity contribution in [2.75, 3.05) is 22.4 Å². The number of para-hydroxylation sites is 1. The van der Waals surface area contributed by atoms with Crippen LogP contribution in [0.15, 0.2) is 72.8 Å². The summed E-state index contributed by atoms with van der Waals surface area (Å²) in [4.78, 5) is 25.7. The van der Waals surface area contributed by atoms with Crippen LogP contribution in [0.5, 0.6) is 0 Å². The van der Waals surface area contributed by atoms with Crippen LogP contribution in [0.25, 0.3) is 0 Å². The van der Waals surface area contributed by atoms with Crippen LogP contribution in [0.4, 0.5) is 11.4 Å². The highest BCUT2D eigenvalue weighted by atomic mass is 35.5. The highest BCUT2D eigenvalue weighted by Crippen LogP contribution is 2.30. The number of carbonyl (C=O) groups excluding carboxylic acids is 2. The van der Waals surface area contributed by atoms with Crippen molar-refractivity contribution in [3.8, 4) is 0 Å². The molecular formula is C24H23Cl2N3O4S. The summed E-state index contributed by atoms with van der Waals surface area (Å²) >= 11 is 12.2. The molecule has 0 aliphatic carbocycles. The maximum absolute atomic E-state index is 12.9. The Hall–Kier alpha value is -3.07. The first-order valence-corrected chi connectivity index (χ1v) is 12.8. The number of hydrogen-bond acceptors (Lipinski definition) is 4. The molecule has 3 aromatic carbocycles. The molecule has 178 valence electrons. The van der Waals surface area contributed by atoms with E-state index < -0.39 is 22.5 Å². The Labute approximate surface area is 208 Å². The Kier molecular flexibility index (Phi) is 8.19. The smallest absolute Gasteiger partial charge is 0.253 e. The van der Waals surface area contributed by atoms with Crippen LogP contribution in [-0.2, 0) is 14.8 Å². The Morgan fingerprint density at radius 1 is 0.971 bits per heavy atom. The first-order chi connectivity index (χ1) is 16.1. The molecule has 2 N–H and O–H groups in total. The number of amides is 2. The van der Waals surface area contributed by atoms with Gasteiger partial charge in [-0.2, -0.15) is 0 Å². The third-order valence-corrected chi connectivity index (χ3v) is 6.64. The largest absolute Gasteiger partial charge is 0.345 e. The van der Waals surface area contributed by atoms with Gasteiger partial charge in [0.2, 0.25) is 15.9 Å². The van der Waals surface area contributed by atoms with E-state index in [0.29, 0.717) is 0 Å². The van der Waals surface area contributed by atoms with Gasteiger partial charge in [0.25, 0.3) is 5.91 Å². The molecule has 0 aromatic heterocycles. The van der Waals surface area contributed by atoms with Crippen LogP contribution in [0.2, 0.25) is 10.0 Å². The lowest BCUT2D eigenvalue weighted by Crippen LogP contribution is -2.38. The Balaban J connectivity index is 1.79. The van der Waals surface area contributed by atoms with Gasteiger partial charge in [-0.25, -0.2) is 8.42 Å². The van der Waals surface area contributed by atoms with Gasteiger partial charge in [-0.1, -0.05) is 65.7 Å². The molecule has 0 fully saturated rings. The standard InChI is InChI=1S/C24H23Cl2N3O4S/c1-16(17-8-4-3-5-9-17)27-24(31)19-10-6-7-11-21(19)28-23(30)15-29(34(2,32)33)22-14-18(25)12-13-20(22)26/h3-14,16H,15H2,1-2H3,(H,27,31)(H,28,30)/t16-/m0/s1. The van der Waals surface area contributed by atoms with Crippen molar-refractivity contribution in [1.82, 2.24) is 5.32 Å². The lowest BCUT2D eigenvalue weighted by molar-refractivity contribution is -0.114. The van der Waals surface area contributed by atoms with E-state index in [1.807, 2.05) is 37.3 Å². The summed E-state index contributed by atoms with van der Waals surface area (Å²) < 4.78 is 25.6. The molecule has 0 bridgehead atoms. The predicted octanol–water partition coefficient (Wildman–Crippen LogP) is 4.89. The van der Waals surface area contributed by atoms with Gasteiger partial charge in [-0.15, -0.1) is 0 Å². The highest BCUT2D eigenvalue weighted by Gasteiger charge is 2.24. The van der Waals surface area contributed by atoms with Gasteiger partial charge >= 0.3 is 0 Å². The van der Waals surface area contributed by atoms with Crippen molar-refractivity contribution in [3.05, 3.63) is 94.0 Å². The van der Waals surface area contributed by atoms with Gasteiger partial charge < -0.3 is 10.6 Å². The molecule has 1 atom stereocenters. The molecule has 0 aliphatic rings. The zero-order valence-electron chi connectivity index (χ0n) is 18.5. The van der Waals surface area contributed by atoms with Crippen LogP contribution in [-0.4, -0.2) is 33.0 Å². The first-order valence-electron chi connectivity index (χ1n) is 10.2. The van der Waals surface area contributed by atoms with E-state index in [-0.39, 0.29) is 38.9 Å². The average Bonchev–Trinajstić information content (AvgIpc) is 2.79. The minimum atomic E-state index is -3.87. The van der Waals surface area contributed by atoms with Crippen LogP contribution in [0.1, 0.15) is 28.9 Å². The molecule has 0 unspecified atom stereocenters. The number of halogens is 2. The second-order valence-electron chi connectivity index (χ2n) is 7.56. The van der Waals surface area contributed by atoms with Crippen molar-refractivity contribution >= 4 is 56.4 Å². The number of anilines is 2. The minimum absolute atomic E-state index is 0.0783. The summed E-state index contributed by atoms with van der Waals surface area (Å²) in [5.41, 5.74) is 1.50. The Bertz CT molecular complexity index is 1300. The van der Waals surface area contributed by atoms with E-state index in [2.05, 4.69) is 10.6 Å². The second kappa shape index (κ2) is 10.9. The monoisotopic (exact) mass is 519 g/mol. The van der Waals surface area contributed by atoms with Crippen molar-refractivity contribution in [2.24, 2.45) is 0 Å². The molecule has 0 spiro atoms.